The molecule has 0 rings (SSSR count). The van der Waals surface area contributed by atoms with Crippen molar-refractivity contribution >= 4 is 31.3 Å². The van der Waals surface area contributed by atoms with Gasteiger partial charge in [-0.25, -0.2) is 0 Å². The van der Waals surface area contributed by atoms with E-state index in [1.54, 1.807) is 0 Å². The molecule has 0 unspecified atom stereocenters. The van der Waals surface area contributed by atoms with E-state index in [-0.39, 0.29) is 11.1 Å². The fourth-order valence-corrected chi connectivity index (χ4v) is 2.59. The Balaban J connectivity index is 3.63. The average Bonchev–Trinajstić information content (AvgIpc) is 1.84. The van der Waals surface area contributed by atoms with Crippen molar-refractivity contribution in [3.8, 4) is 0 Å². The molecule has 0 amide bonds. The van der Waals surface area contributed by atoms with Crippen LogP contribution < -0.4 is 0 Å². The molecule has 10 heavy (non-hydrogen) atoms. The van der Waals surface area contributed by atoms with Crippen molar-refractivity contribution in [1.82, 2.24) is 0 Å². The van der Waals surface area contributed by atoms with Crippen LogP contribution in [0.2, 0.25) is 19.1 Å². The van der Waals surface area contributed by atoms with Gasteiger partial charge in [-0.3, -0.25) is 0 Å². The molecule has 0 aliphatic rings. The van der Waals surface area contributed by atoms with Crippen molar-refractivity contribution in [3.63, 3.8) is 0 Å². The molecule has 0 bridgehead atoms. The van der Waals surface area contributed by atoms with Crippen molar-refractivity contribution in [1.29, 1.82) is 0 Å². The summed E-state index contributed by atoms with van der Waals surface area (Å²) in [6.45, 7) is 4.51. The summed E-state index contributed by atoms with van der Waals surface area (Å²) >= 11 is 11.5. The molecule has 0 atom stereocenters. The van der Waals surface area contributed by atoms with E-state index in [4.69, 9.17) is 28.3 Å². The molecule has 0 heterocycles. The Labute approximate surface area is 73.3 Å². The van der Waals surface area contributed by atoms with E-state index in [0.29, 0.717) is 0 Å². The molecule has 0 radical (unpaired) electrons. The van der Waals surface area contributed by atoms with E-state index in [0.717, 1.165) is 12.5 Å². The summed E-state index contributed by atoms with van der Waals surface area (Å²) in [7, 11) is -1.43. The second-order valence-corrected chi connectivity index (χ2v) is 10.00. The van der Waals surface area contributed by atoms with Gasteiger partial charge in [-0.2, -0.15) is 0 Å². The van der Waals surface area contributed by atoms with Gasteiger partial charge in [0, 0.05) is 6.61 Å². The van der Waals surface area contributed by atoms with E-state index in [9.17, 15) is 0 Å². The highest BCUT2D eigenvalue weighted by atomic mass is 35.5. The van der Waals surface area contributed by atoms with Gasteiger partial charge in [-0.15, -0.1) is 23.2 Å². The lowest BCUT2D eigenvalue weighted by molar-refractivity contribution is 0.294. The van der Waals surface area contributed by atoms with E-state index >= 15 is 0 Å². The van der Waals surface area contributed by atoms with Gasteiger partial charge in [-0.05, 0) is 6.42 Å². The van der Waals surface area contributed by atoms with Crippen LogP contribution in [0.25, 0.3) is 0 Å². The topological polar surface area (TPSA) is 20.2 Å². The van der Waals surface area contributed by atoms with Gasteiger partial charge in [0.15, 0.2) is 0 Å². The molecule has 0 aromatic rings. The maximum atomic E-state index is 8.55. The minimum Gasteiger partial charge on any atom is -0.396 e. The number of aliphatic hydroxyl groups is 1. The molecule has 1 N–H and O–H groups in total. The molecule has 0 spiro atoms. The Hall–Kier alpha value is 0.757. The summed E-state index contributed by atoms with van der Waals surface area (Å²) in [5.41, 5.74) is 0. The number of alkyl halides is 2. The van der Waals surface area contributed by atoms with E-state index in [1.165, 1.54) is 0 Å². The number of aliphatic hydroxyl groups excluding tert-OH is 1. The monoisotopic (exact) mass is 200 g/mol. The van der Waals surface area contributed by atoms with Gasteiger partial charge in [0.25, 0.3) is 0 Å². The number of halogens is 2. The number of rotatable bonds is 4. The summed E-state index contributed by atoms with van der Waals surface area (Å²) in [6.07, 6.45) is 0.829. The molecule has 0 aromatic heterocycles. The average molecular weight is 201 g/mol. The van der Waals surface area contributed by atoms with Crippen LogP contribution >= 0.6 is 23.2 Å². The molecule has 62 valence electrons. The van der Waals surface area contributed by atoms with Gasteiger partial charge >= 0.3 is 0 Å². The lowest BCUT2D eigenvalue weighted by atomic mass is 10.5. The minimum atomic E-state index is -1.43. The third-order valence-corrected chi connectivity index (χ3v) is 7.94. The molecule has 4 heteroatoms. The quantitative estimate of drug-likeness (QED) is 0.547. The molecule has 0 aliphatic carbocycles. The summed E-state index contributed by atoms with van der Waals surface area (Å²) in [6, 6.07) is 1.00. The normalized spacial score (nSPS) is 12.6. The van der Waals surface area contributed by atoms with Crippen molar-refractivity contribution < 1.29 is 5.11 Å². The highest BCUT2D eigenvalue weighted by molar-refractivity contribution is 6.92. The SMILES string of the molecule is C[Si](C)(CCCO)C(Cl)Cl. The standard InChI is InChI=1S/C6H14Cl2OSi/c1-10(2,6(7)8)5-3-4-9/h6,9H,3-5H2,1-2H3. The van der Waals surface area contributed by atoms with E-state index in [1.807, 2.05) is 0 Å². The zero-order valence-corrected chi connectivity index (χ0v) is 8.91. The maximum Gasteiger partial charge on any atom is 0.0971 e. The van der Waals surface area contributed by atoms with Gasteiger partial charge in [-0.1, -0.05) is 19.1 Å². The Morgan fingerprint density at radius 2 is 1.90 bits per heavy atom. The fourth-order valence-electron chi connectivity index (χ4n) is 0.644. The molecule has 0 saturated carbocycles. The van der Waals surface area contributed by atoms with Crippen LogP contribution in [0.4, 0.5) is 0 Å². The predicted molar refractivity (Wildman–Crippen MR) is 49.5 cm³/mol. The highest BCUT2D eigenvalue weighted by Gasteiger charge is 2.27. The number of hydrogen-bond acceptors (Lipinski definition) is 1. The Morgan fingerprint density at radius 1 is 1.40 bits per heavy atom. The first-order chi connectivity index (χ1) is 4.50. The van der Waals surface area contributed by atoms with Crippen LogP contribution in [0.15, 0.2) is 0 Å². The first-order valence-corrected chi connectivity index (χ1v) is 7.55. The van der Waals surface area contributed by atoms with Gasteiger partial charge in [0.2, 0.25) is 0 Å². The van der Waals surface area contributed by atoms with Crippen molar-refractivity contribution in [2.24, 2.45) is 0 Å². The van der Waals surface area contributed by atoms with Crippen LogP contribution in [0.1, 0.15) is 6.42 Å². The molecule has 1 nitrogen and oxygen atoms in total. The maximum absolute atomic E-state index is 8.55. The zero-order chi connectivity index (χ0) is 8.20. The molecule has 0 aliphatic heterocycles. The molecule has 0 aromatic carbocycles. The van der Waals surface area contributed by atoms with Crippen LogP contribution in [0.5, 0.6) is 0 Å². The second-order valence-electron chi connectivity index (χ2n) is 3.12. The third kappa shape index (κ3) is 3.81. The Kier molecular flexibility index (Phi) is 4.95. The summed E-state index contributed by atoms with van der Waals surface area (Å²) < 4.78 is -0.209. The van der Waals surface area contributed by atoms with Crippen molar-refractivity contribution in [3.05, 3.63) is 0 Å². The number of hydrogen-bond donors (Lipinski definition) is 1. The van der Waals surface area contributed by atoms with E-state index < -0.39 is 8.07 Å². The van der Waals surface area contributed by atoms with Crippen LogP contribution in [0, 0.1) is 0 Å². The molecular weight excluding hydrogens is 187 g/mol. The van der Waals surface area contributed by atoms with Crippen molar-refractivity contribution in [2.75, 3.05) is 6.61 Å². The summed E-state index contributed by atoms with van der Waals surface area (Å²) in [5, 5.41) is 8.55. The lowest BCUT2D eigenvalue weighted by Crippen LogP contribution is -2.34. The Morgan fingerprint density at radius 3 is 2.20 bits per heavy atom. The Bertz CT molecular complexity index is 95.7. The first kappa shape index (κ1) is 10.8. The second kappa shape index (κ2) is 4.60. The zero-order valence-electron chi connectivity index (χ0n) is 6.40. The van der Waals surface area contributed by atoms with Gasteiger partial charge < -0.3 is 5.11 Å². The molecule has 0 fully saturated rings. The molecular formula is C6H14Cl2OSi. The van der Waals surface area contributed by atoms with Crippen LogP contribution in [-0.2, 0) is 0 Å². The van der Waals surface area contributed by atoms with Gasteiger partial charge in [0.1, 0.15) is 0 Å². The fraction of sp³-hybridized carbons (Fsp3) is 1.00. The lowest BCUT2D eigenvalue weighted by Gasteiger charge is -2.22. The third-order valence-electron chi connectivity index (χ3n) is 1.57. The smallest absolute Gasteiger partial charge is 0.0971 e. The highest BCUT2D eigenvalue weighted by Crippen LogP contribution is 2.23. The summed E-state index contributed by atoms with van der Waals surface area (Å²) in [5.74, 6) is 0. The predicted octanol–water partition coefficient (Wildman–Crippen LogP) is 2.42. The van der Waals surface area contributed by atoms with Crippen LogP contribution in [0.3, 0.4) is 0 Å². The van der Waals surface area contributed by atoms with Gasteiger partial charge in [0.05, 0.1) is 12.5 Å². The summed E-state index contributed by atoms with van der Waals surface area (Å²) in [4.78, 5) is 0. The van der Waals surface area contributed by atoms with E-state index in [2.05, 4.69) is 13.1 Å². The molecule has 0 saturated heterocycles. The minimum absolute atomic E-state index is 0.209. The first-order valence-electron chi connectivity index (χ1n) is 3.39. The van der Waals surface area contributed by atoms with Crippen molar-refractivity contribution in [2.45, 2.75) is 30.0 Å². The van der Waals surface area contributed by atoms with Crippen LogP contribution in [-0.4, -0.2) is 24.2 Å². The largest absolute Gasteiger partial charge is 0.396 e.